The summed E-state index contributed by atoms with van der Waals surface area (Å²) in [5.74, 6) is 1.20. The molecular formula is C22H32N2O4S. The Morgan fingerprint density at radius 3 is 2.55 bits per heavy atom. The van der Waals surface area contributed by atoms with Gasteiger partial charge in [-0.05, 0) is 55.9 Å². The number of carbonyl (C=O) groups excluding carboxylic acids is 1. The molecule has 3 aliphatic rings. The Bertz CT molecular complexity index is 803. The number of hydrogen-bond acceptors (Lipinski definition) is 4. The lowest BCUT2D eigenvalue weighted by Gasteiger charge is -2.43. The van der Waals surface area contributed by atoms with Gasteiger partial charge in [-0.25, -0.2) is 13.1 Å². The maximum Gasteiger partial charge on any atom is 0.223 e. The first-order chi connectivity index (χ1) is 13.9. The van der Waals surface area contributed by atoms with Crippen molar-refractivity contribution >= 4 is 15.9 Å². The zero-order chi connectivity index (χ0) is 20.4. The van der Waals surface area contributed by atoms with Gasteiger partial charge in [0, 0.05) is 19.0 Å². The van der Waals surface area contributed by atoms with Gasteiger partial charge in [0.2, 0.25) is 15.9 Å². The average molecular weight is 421 g/mol. The number of piperidine rings is 1. The van der Waals surface area contributed by atoms with Crippen molar-refractivity contribution in [1.29, 1.82) is 0 Å². The number of ether oxygens (including phenoxy) is 1. The van der Waals surface area contributed by atoms with Crippen LogP contribution in [0.5, 0.6) is 0 Å². The van der Waals surface area contributed by atoms with Crippen LogP contribution in [0.1, 0.15) is 56.4 Å². The van der Waals surface area contributed by atoms with E-state index in [4.69, 9.17) is 4.74 Å². The summed E-state index contributed by atoms with van der Waals surface area (Å²) < 4.78 is 32.7. The molecule has 0 radical (unpaired) electrons. The smallest absolute Gasteiger partial charge is 0.223 e. The van der Waals surface area contributed by atoms with Crippen molar-refractivity contribution in [2.24, 2.45) is 5.92 Å². The van der Waals surface area contributed by atoms with Crippen molar-refractivity contribution < 1.29 is 17.9 Å². The van der Waals surface area contributed by atoms with Crippen molar-refractivity contribution in [3.63, 3.8) is 0 Å². The van der Waals surface area contributed by atoms with Crippen LogP contribution in [0.2, 0.25) is 0 Å². The number of likely N-dealkylation sites (tertiary alicyclic amines) is 1. The molecular weight excluding hydrogens is 388 g/mol. The lowest BCUT2D eigenvalue weighted by molar-refractivity contribution is -0.139. The Morgan fingerprint density at radius 2 is 1.90 bits per heavy atom. The molecule has 1 N–H and O–H groups in total. The second kappa shape index (κ2) is 8.74. The number of nitrogens with one attached hydrogen (secondary N) is 1. The number of nitrogens with zero attached hydrogens (tertiary/aromatic N) is 1. The molecule has 29 heavy (non-hydrogen) atoms. The summed E-state index contributed by atoms with van der Waals surface area (Å²) in [4.78, 5) is 14.7. The fourth-order valence-electron chi connectivity index (χ4n) is 4.61. The molecule has 1 aliphatic heterocycles. The molecule has 6 nitrogen and oxygen atoms in total. The SMILES string of the molecule is CS(=O)(=O)N[C@H]1CCCN(C(=O)CC2CC2)[C@H]1CO[C@H]1C[C@@H](c2ccccc2)C1. The molecule has 0 spiro atoms. The molecule has 2 aliphatic carbocycles. The first-order valence-corrected chi connectivity index (χ1v) is 12.7. The summed E-state index contributed by atoms with van der Waals surface area (Å²) in [6, 6.07) is 9.99. The summed E-state index contributed by atoms with van der Waals surface area (Å²) in [5.41, 5.74) is 1.35. The van der Waals surface area contributed by atoms with Crippen LogP contribution in [-0.4, -0.2) is 56.8 Å². The molecule has 3 fully saturated rings. The Kier molecular flexibility index (Phi) is 6.27. The number of rotatable bonds is 8. The second-order valence-electron chi connectivity index (χ2n) is 8.98. The van der Waals surface area contributed by atoms with Crippen molar-refractivity contribution in [3.05, 3.63) is 35.9 Å². The van der Waals surface area contributed by atoms with Crippen LogP contribution in [-0.2, 0) is 19.6 Å². The molecule has 2 saturated carbocycles. The zero-order valence-corrected chi connectivity index (χ0v) is 17.9. The molecule has 1 saturated heterocycles. The third kappa shape index (κ3) is 5.58. The second-order valence-corrected chi connectivity index (χ2v) is 10.8. The zero-order valence-electron chi connectivity index (χ0n) is 17.1. The third-order valence-electron chi connectivity index (χ3n) is 6.49. The van der Waals surface area contributed by atoms with Gasteiger partial charge in [0.15, 0.2) is 0 Å². The first kappa shape index (κ1) is 20.8. The number of hydrogen-bond donors (Lipinski definition) is 1. The van der Waals surface area contributed by atoms with Crippen LogP contribution in [0, 0.1) is 5.92 Å². The van der Waals surface area contributed by atoms with Crippen LogP contribution >= 0.6 is 0 Å². The number of amides is 1. The van der Waals surface area contributed by atoms with Crippen LogP contribution in [0.25, 0.3) is 0 Å². The van der Waals surface area contributed by atoms with Crippen molar-refractivity contribution in [2.45, 2.75) is 69.1 Å². The number of benzene rings is 1. The third-order valence-corrected chi connectivity index (χ3v) is 7.22. The molecule has 0 bridgehead atoms. The van der Waals surface area contributed by atoms with Crippen molar-refractivity contribution in [2.75, 3.05) is 19.4 Å². The van der Waals surface area contributed by atoms with E-state index in [1.807, 2.05) is 11.0 Å². The normalized spacial score (nSPS) is 30.0. The van der Waals surface area contributed by atoms with Gasteiger partial charge in [-0.3, -0.25) is 4.79 Å². The summed E-state index contributed by atoms with van der Waals surface area (Å²) in [6.45, 7) is 1.09. The lowest BCUT2D eigenvalue weighted by Crippen LogP contribution is -2.59. The summed E-state index contributed by atoms with van der Waals surface area (Å²) in [5, 5.41) is 0. The van der Waals surface area contributed by atoms with E-state index in [0.717, 1.165) is 38.5 Å². The van der Waals surface area contributed by atoms with E-state index >= 15 is 0 Å². The maximum atomic E-state index is 12.8. The first-order valence-electron chi connectivity index (χ1n) is 10.8. The summed E-state index contributed by atoms with van der Waals surface area (Å²) in [6.07, 6.45) is 7.75. The molecule has 1 heterocycles. The van der Waals surface area contributed by atoms with E-state index in [0.29, 0.717) is 31.4 Å². The number of sulfonamides is 1. The summed E-state index contributed by atoms with van der Waals surface area (Å²) in [7, 11) is -3.33. The molecule has 1 aromatic rings. The highest BCUT2D eigenvalue weighted by molar-refractivity contribution is 7.88. The van der Waals surface area contributed by atoms with Gasteiger partial charge >= 0.3 is 0 Å². The maximum absolute atomic E-state index is 12.8. The lowest BCUT2D eigenvalue weighted by atomic mass is 9.77. The summed E-state index contributed by atoms with van der Waals surface area (Å²) >= 11 is 0. The van der Waals surface area contributed by atoms with E-state index in [2.05, 4.69) is 29.0 Å². The Balaban J connectivity index is 1.36. The topological polar surface area (TPSA) is 75.7 Å². The monoisotopic (exact) mass is 420 g/mol. The molecule has 1 amide bonds. The number of carbonyl (C=O) groups is 1. The fraction of sp³-hybridized carbons (Fsp3) is 0.682. The highest BCUT2D eigenvalue weighted by atomic mass is 32.2. The highest BCUT2D eigenvalue weighted by Gasteiger charge is 2.39. The van der Waals surface area contributed by atoms with E-state index < -0.39 is 10.0 Å². The molecule has 2 atom stereocenters. The van der Waals surface area contributed by atoms with E-state index in [1.54, 1.807) is 0 Å². The molecule has 7 heteroatoms. The van der Waals surface area contributed by atoms with E-state index in [1.165, 1.54) is 11.8 Å². The van der Waals surface area contributed by atoms with Gasteiger partial charge in [-0.1, -0.05) is 30.3 Å². The molecule has 160 valence electrons. The van der Waals surface area contributed by atoms with Crippen LogP contribution in [0.4, 0.5) is 0 Å². The predicted octanol–water partition coefficient (Wildman–Crippen LogP) is 2.66. The largest absolute Gasteiger partial charge is 0.376 e. The van der Waals surface area contributed by atoms with Crippen LogP contribution < -0.4 is 4.72 Å². The van der Waals surface area contributed by atoms with Crippen molar-refractivity contribution in [3.8, 4) is 0 Å². The standard InChI is InChI=1S/C22H32N2O4S/c1-29(26,27)23-20-8-5-11-24(22(25)12-16-9-10-16)21(20)15-28-19-13-18(14-19)17-6-3-2-4-7-17/h2-4,6-7,16,18-21,23H,5,8-15H2,1H3/t18-,19+,20-,21-/m0/s1. The van der Waals surface area contributed by atoms with Crippen molar-refractivity contribution in [1.82, 2.24) is 9.62 Å². The minimum atomic E-state index is -3.33. The fourth-order valence-corrected chi connectivity index (χ4v) is 5.43. The minimum Gasteiger partial charge on any atom is -0.376 e. The minimum absolute atomic E-state index is 0.150. The Labute approximate surface area is 174 Å². The Hall–Kier alpha value is -1.44. The molecule has 1 aromatic carbocycles. The van der Waals surface area contributed by atoms with Crippen LogP contribution in [0.3, 0.4) is 0 Å². The van der Waals surface area contributed by atoms with Gasteiger partial charge in [-0.15, -0.1) is 0 Å². The molecule has 4 rings (SSSR count). The molecule has 0 unspecified atom stereocenters. The predicted molar refractivity (Wildman–Crippen MR) is 112 cm³/mol. The Morgan fingerprint density at radius 1 is 1.17 bits per heavy atom. The van der Waals surface area contributed by atoms with E-state index in [9.17, 15) is 13.2 Å². The van der Waals surface area contributed by atoms with Gasteiger partial charge < -0.3 is 9.64 Å². The van der Waals surface area contributed by atoms with Gasteiger partial charge in [-0.2, -0.15) is 0 Å². The average Bonchev–Trinajstić information content (AvgIpc) is 3.45. The van der Waals surface area contributed by atoms with Gasteiger partial charge in [0.25, 0.3) is 0 Å². The highest BCUT2D eigenvalue weighted by Crippen LogP contribution is 2.39. The van der Waals surface area contributed by atoms with E-state index in [-0.39, 0.29) is 24.1 Å². The molecule has 0 aromatic heterocycles. The quantitative estimate of drug-likeness (QED) is 0.702. The van der Waals surface area contributed by atoms with Gasteiger partial charge in [0.05, 0.1) is 25.0 Å². The van der Waals surface area contributed by atoms with Gasteiger partial charge in [0.1, 0.15) is 0 Å². The van der Waals surface area contributed by atoms with Crippen LogP contribution in [0.15, 0.2) is 30.3 Å².